The van der Waals surface area contributed by atoms with Crippen molar-refractivity contribution in [3.63, 3.8) is 0 Å². The zero-order chi connectivity index (χ0) is 20.8. The van der Waals surface area contributed by atoms with Crippen molar-refractivity contribution in [3.05, 3.63) is 39.7 Å². The first kappa shape index (κ1) is 20.7. The lowest BCUT2D eigenvalue weighted by molar-refractivity contribution is -0.120. The molecular formula is C19H20ClN3O3S3. The molecule has 1 aliphatic rings. The molecule has 6 nitrogen and oxygen atoms in total. The highest BCUT2D eigenvalue weighted by molar-refractivity contribution is 7.91. The second kappa shape index (κ2) is 7.96. The fraction of sp³-hybridized carbons (Fsp3) is 0.368. The molecule has 1 amide bonds. The standard InChI is InChI=1S/C19H20ClN3O3S3/c1-11-8-12(2)17-14(9-11)27-19(21-17)22-18(24)13-4-3-7-23(10-13)29(25,26)16-6-5-15(20)28-16/h5-6,8-9,13H,3-4,7,10H2,1-2H3,(H,21,22,24). The van der Waals surface area contributed by atoms with E-state index < -0.39 is 15.9 Å². The van der Waals surface area contributed by atoms with Crippen molar-refractivity contribution in [3.8, 4) is 0 Å². The third-order valence-corrected chi connectivity index (χ3v) is 9.44. The first-order chi connectivity index (χ1) is 13.7. The van der Waals surface area contributed by atoms with Gasteiger partial charge in [0.2, 0.25) is 5.91 Å². The predicted molar refractivity (Wildman–Crippen MR) is 119 cm³/mol. The van der Waals surface area contributed by atoms with Crippen LogP contribution in [0.3, 0.4) is 0 Å². The number of piperidine rings is 1. The Morgan fingerprint density at radius 1 is 1.28 bits per heavy atom. The van der Waals surface area contributed by atoms with Crippen LogP contribution in [0.5, 0.6) is 0 Å². The largest absolute Gasteiger partial charge is 0.302 e. The number of carbonyl (C=O) groups is 1. The van der Waals surface area contributed by atoms with Gasteiger partial charge in [-0.25, -0.2) is 13.4 Å². The van der Waals surface area contributed by atoms with Crippen LogP contribution in [0.15, 0.2) is 28.5 Å². The number of rotatable bonds is 4. The quantitative estimate of drug-likeness (QED) is 0.602. The van der Waals surface area contributed by atoms with Crippen LogP contribution in [0.4, 0.5) is 5.13 Å². The molecule has 154 valence electrons. The number of hydrogen-bond donors (Lipinski definition) is 1. The van der Waals surface area contributed by atoms with E-state index in [0.717, 1.165) is 32.7 Å². The van der Waals surface area contributed by atoms with Crippen LogP contribution in [-0.2, 0) is 14.8 Å². The Kier molecular flexibility index (Phi) is 5.69. The van der Waals surface area contributed by atoms with E-state index in [0.29, 0.717) is 28.9 Å². The van der Waals surface area contributed by atoms with E-state index in [1.54, 1.807) is 6.07 Å². The maximum absolute atomic E-state index is 12.8. The average Bonchev–Trinajstić information content (AvgIpc) is 3.28. The number of hydrogen-bond acceptors (Lipinski definition) is 6. The van der Waals surface area contributed by atoms with Gasteiger partial charge in [-0.05, 0) is 56.0 Å². The maximum atomic E-state index is 12.8. The molecular weight excluding hydrogens is 450 g/mol. The second-order valence-electron chi connectivity index (χ2n) is 7.20. The third-order valence-electron chi connectivity index (χ3n) is 4.96. The number of amides is 1. The molecule has 1 N–H and O–H groups in total. The van der Waals surface area contributed by atoms with Crippen molar-refractivity contribution in [2.75, 3.05) is 18.4 Å². The van der Waals surface area contributed by atoms with Crippen LogP contribution in [0, 0.1) is 19.8 Å². The minimum atomic E-state index is -3.64. The van der Waals surface area contributed by atoms with Crippen LogP contribution in [0.1, 0.15) is 24.0 Å². The Morgan fingerprint density at radius 2 is 2.07 bits per heavy atom. The van der Waals surface area contributed by atoms with Crippen molar-refractivity contribution < 1.29 is 13.2 Å². The molecule has 3 aromatic rings. The normalized spacial score (nSPS) is 18.2. The van der Waals surface area contributed by atoms with Crippen molar-refractivity contribution >= 4 is 65.6 Å². The van der Waals surface area contributed by atoms with Gasteiger partial charge in [0.15, 0.2) is 5.13 Å². The lowest BCUT2D eigenvalue weighted by Crippen LogP contribution is -2.43. The molecule has 1 saturated heterocycles. The zero-order valence-corrected chi connectivity index (χ0v) is 19.1. The van der Waals surface area contributed by atoms with E-state index in [-0.39, 0.29) is 16.7 Å². The summed E-state index contributed by atoms with van der Waals surface area (Å²) < 4.78 is 28.7. The Morgan fingerprint density at radius 3 is 2.79 bits per heavy atom. The highest BCUT2D eigenvalue weighted by atomic mass is 35.5. The third kappa shape index (κ3) is 4.20. The topological polar surface area (TPSA) is 79.4 Å². The number of thiazole rings is 1. The number of sulfonamides is 1. The number of aromatic nitrogens is 1. The van der Waals surface area contributed by atoms with Gasteiger partial charge in [-0.1, -0.05) is 29.0 Å². The molecule has 0 radical (unpaired) electrons. The number of halogens is 1. The van der Waals surface area contributed by atoms with Gasteiger partial charge in [0.25, 0.3) is 10.0 Å². The van der Waals surface area contributed by atoms with E-state index in [4.69, 9.17) is 11.6 Å². The average molecular weight is 470 g/mol. The number of aryl methyl sites for hydroxylation is 2. The summed E-state index contributed by atoms with van der Waals surface area (Å²) >= 11 is 8.36. The van der Waals surface area contributed by atoms with E-state index >= 15 is 0 Å². The van der Waals surface area contributed by atoms with Crippen molar-refractivity contribution in [1.29, 1.82) is 0 Å². The molecule has 0 aliphatic carbocycles. The number of fused-ring (bicyclic) bond motifs is 1. The van der Waals surface area contributed by atoms with Crippen LogP contribution < -0.4 is 5.32 Å². The second-order valence-corrected chi connectivity index (χ2v) is 12.1. The smallest absolute Gasteiger partial charge is 0.252 e. The number of nitrogens with one attached hydrogen (secondary N) is 1. The molecule has 2 aromatic heterocycles. The summed E-state index contributed by atoms with van der Waals surface area (Å²) in [5.41, 5.74) is 3.11. The number of benzene rings is 1. The van der Waals surface area contributed by atoms with Crippen LogP contribution in [0.25, 0.3) is 10.2 Å². The molecule has 0 bridgehead atoms. The molecule has 1 aliphatic heterocycles. The van der Waals surface area contributed by atoms with E-state index in [9.17, 15) is 13.2 Å². The van der Waals surface area contributed by atoms with Crippen molar-refractivity contribution in [1.82, 2.24) is 9.29 Å². The Balaban J connectivity index is 1.50. The summed E-state index contributed by atoms with van der Waals surface area (Å²) in [6, 6.07) is 7.20. The van der Waals surface area contributed by atoms with Gasteiger partial charge in [0.1, 0.15) is 4.21 Å². The maximum Gasteiger partial charge on any atom is 0.252 e. The Bertz CT molecular complexity index is 1190. The van der Waals surface area contributed by atoms with Gasteiger partial charge >= 0.3 is 0 Å². The lowest BCUT2D eigenvalue weighted by Gasteiger charge is -2.30. The SMILES string of the molecule is Cc1cc(C)c2nc(NC(=O)C3CCCN(S(=O)(=O)c4ccc(Cl)s4)C3)sc2c1. The van der Waals surface area contributed by atoms with Crippen molar-refractivity contribution in [2.24, 2.45) is 5.92 Å². The predicted octanol–water partition coefficient (Wildman–Crippen LogP) is 4.67. The summed E-state index contributed by atoms with van der Waals surface area (Å²) in [7, 11) is -3.64. The molecule has 1 fully saturated rings. The molecule has 1 atom stereocenters. The molecule has 0 spiro atoms. The van der Waals surface area contributed by atoms with Crippen LogP contribution >= 0.6 is 34.3 Å². The summed E-state index contributed by atoms with van der Waals surface area (Å²) in [5.74, 6) is -0.605. The molecule has 4 rings (SSSR count). The van der Waals surface area contributed by atoms with Gasteiger partial charge in [-0.15, -0.1) is 11.3 Å². The van der Waals surface area contributed by atoms with Gasteiger partial charge < -0.3 is 5.32 Å². The van der Waals surface area contributed by atoms with Crippen LogP contribution in [0.2, 0.25) is 4.34 Å². The molecule has 0 saturated carbocycles. The van der Waals surface area contributed by atoms with Gasteiger partial charge in [-0.2, -0.15) is 4.31 Å². The Hall–Kier alpha value is -1.52. The number of carbonyl (C=O) groups excluding carboxylic acids is 1. The summed E-state index contributed by atoms with van der Waals surface area (Å²) in [4.78, 5) is 17.4. The number of anilines is 1. The molecule has 10 heteroatoms. The zero-order valence-electron chi connectivity index (χ0n) is 15.9. The minimum Gasteiger partial charge on any atom is -0.302 e. The van der Waals surface area contributed by atoms with Gasteiger partial charge in [0, 0.05) is 13.1 Å². The van der Waals surface area contributed by atoms with E-state index in [1.807, 2.05) is 13.8 Å². The number of thiophene rings is 1. The summed E-state index contributed by atoms with van der Waals surface area (Å²) in [6.45, 7) is 4.59. The first-order valence-electron chi connectivity index (χ1n) is 9.18. The molecule has 3 heterocycles. The molecule has 1 aromatic carbocycles. The lowest BCUT2D eigenvalue weighted by atomic mass is 9.99. The van der Waals surface area contributed by atoms with E-state index in [1.165, 1.54) is 21.7 Å². The molecule has 1 unspecified atom stereocenters. The summed E-state index contributed by atoms with van der Waals surface area (Å²) in [6.07, 6.45) is 1.28. The van der Waals surface area contributed by atoms with E-state index in [2.05, 4.69) is 22.4 Å². The highest BCUT2D eigenvalue weighted by Gasteiger charge is 2.34. The first-order valence-corrected chi connectivity index (χ1v) is 12.6. The van der Waals surface area contributed by atoms with Gasteiger partial charge in [-0.3, -0.25) is 4.79 Å². The van der Waals surface area contributed by atoms with Crippen molar-refractivity contribution in [2.45, 2.75) is 30.9 Å². The van der Waals surface area contributed by atoms with Gasteiger partial charge in [0.05, 0.1) is 20.5 Å². The fourth-order valence-electron chi connectivity index (χ4n) is 3.57. The summed E-state index contributed by atoms with van der Waals surface area (Å²) in [5, 5.41) is 3.44. The monoisotopic (exact) mass is 469 g/mol. The number of nitrogens with zero attached hydrogens (tertiary/aromatic N) is 2. The molecule has 29 heavy (non-hydrogen) atoms. The van der Waals surface area contributed by atoms with Crippen LogP contribution in [-0.4, -0.2) is 36.7 Å². The fourth-order valence-corrected chi connectivity index (χ4v) is 7.78. The minimum absolute atomic E-state index is 0.159. The highest BCUT2D eigenvalue weighted by Crippen LogP contribution is 2.32. The Labute approximate surface area is 182 Å².